The molecular formula is C24H22FN3O5S. The van der Waals surface area contributed by atoms with Crippen molar-refractivity contribution in [3.05, 3.63) is 83.7 Å². The Hall–Kier alpha value is -3.92. The van der Waals surface area contributed by atoms with Gasteiger partial charge < -0.3 is 9.47 Å². The summed E-state index contributed by atoms with van der Waals surface area (Å²) in [6.07, 6.45) is 1.46. The van der Waals surface area contributed by atoms with Crippen LogP contribution in [0, 0.1) is 12.7 Å². The van der Waals surface area contributed by atoms with E-state index in [1.807, 2.05) is 31.2 Å². The zero-order chi connectivity index (χ0) is 24.1. The number of fused-ring (bicyclic) bond motifs is 1. The first-order valence-electron chi connectivity index (χ1n) is 10.4. The fourth-order valence-electron chi connectivity index (χ4n) is 3.33. The first kappa shape index (κ1) is 23.2. The molecule has 0 radical (unpaired) electrons. The molecule has 0 fully saturated rings. The maximum Gasteiger partial charge on any atom is 0.264 e. The predicted molar refractivity (Wildman–Crippen MR) is 125 cm³/mol. The van der Waals surface area contributed by atoms with Gasteiger partial charge in [-0.05, 0) is 48.9 Å². The lowest BCUT2D eigenvalue weighted by Crippen LogP contribution is -2.39. The molecule has 0 bridgehead atoms. The molecular weight excluding hydrogens is 461 g/mol. The second-order valence-electron chi connectivity index (χ2n) is 7.50. The molecule has 176 valence electrons. The van der Waals surface area contributed by atoms with Gasteiger partial charge in [-0.1, -0.05) is 29.8 Å². The topological polar surface area (TPSA) is 97.3 Å². The molecule has 4 rings (SSSR count). The molecule has 0 unspecified atom stereocenters. The molecule has 3 aromatic carbocycles. The van der Waals surface area contributed by atoms with Crippen molar-refractivity contribution in [1.29, 1.82) is 0 Å². The van der Waals surface area contributed by atoms with E-state index in [2.05, 4.69) is 10.5 Å². The van der Waals surface area contributed by atoms with Gasteiger partial charge in [0.05, 0.1) is 16.8 Å². The van der Waals surface area contributed by atoms with E-state index in [4.69, 9.17) is 9.47 Å². The van der Waals surface area contributed by atoms with Gasteiger partial charge in [0.25, 0.3) is 15.9 Å². The van der Waals surface area contributed by atoms with Crippen LogP contribution in [0.1, 0.15) is 11.1 Å². The Morgan fingerprint density at radius 3 is 2.53 bits per heavy atom. The summed E-state index contributed by atoms with van der Waals surface area (Å²) in [7, 11) is -4.22. The number of anilines is 1. The molecule has 0 saturated heterocycles. The van der Waals surface area contributed by atoms with Gasteiger partial charge in [0.15, 0.2) is 11.5 Å². The van der Waals surface area contributed by atoms with E-state index in [1.165, 1.54) is 36.5 Å². The maximum atomic E-state index is 13.5. The summed E-state index contributed by atoms with van der Waals surface area (Å²) in [6, 6.07) is 16.5. The first-order chi connectivity index (χ1) is 16.3. The Kier molecular flexibility index (Phi) is 6.78. The molecule has 0 atom stereocenters. The van der Waals surface area contributed by atoms with Gasteiger partial charge in [-0.15, -0.1) is 0 Å². The van der Waals surface area contributed by atoms with E-state index in [-0.39, 0.29) is 10.6 Å². The second-order valence-corrected chi connectivity index (χ2v) is 9.36. The number of hydrazone groups is 1. The highest BCUT2D eigenvalue weighted by Gasteiger charge is 2.29. The Morgan fingerprint density at radius 2 is 1.79 bits per heavy atom. The van der Waals surface area contributed by atoms with Gasteiger partial charge >= 0.3 is 0 Å². The third-order valence-corrected chi connectivity index (χ3v) is 6.72. The molecule has 3 aromatic rings. The van der Waals surface area contributed by atoms with Crippen LogP contribution in [0.25, 0.3) is 0 Å². The van der Waals surface area contributed by atoms with Gasteiger partial charge in [-0.2, -0.15) is 5.10 Å². The lowest BCUT2D eigenvalue weighted by Gasteiger charge is -2.25. The van der Waals surface area contributed by atoms with E-state index < -0.39 is 28.3 Å². The number of sulfonamides is 1. The number of amides is 1. The Morgan fingerprint density at radius 1 is 1.06 bits per heavy atom. The van der Waals surface area contributed by atoms with Gasteiger partial charge in [0.2, 0.25) is 0 Å². The third kappa shape index (κ3) is 5.34. The van der Waals surface area contributed by atoms with Crippen LogP contribution in [0.2, 0.25) is 0 Å². The predicted octanol–water partition coefficient (Wildman–Crippen LogP) is 3.25. The number of ether oxygens (including phenoxy) is 2. The zero-order valence-corrected chi connectivity index (χ0v) is 19.1. The minimum absolute atomic E-state index is 0.0999. The zero-order valence-electron chi connectivity index (χ0n) is 18.3. The number of hydrogen-bond donors (Lipinski definition) is 1. The fraction of sp³-hybridized carbons (Fsp3) is 0.167. The molecule has 1 amide bonds. The smallest absolute Gasteiger partial charge is 0.264 e. The third-order valence-electron chi connectivity index (χ3n) is 4.95. The number of aryl methyl sites for hydroxylation is 1. The maximum absolute atomic E-state index is 13.5. The van der Waals surface area contributed by atoms with Crippen molar-refractivity contribution >= 4 is 27.8 Å². The Labute approximate surface area is 196 Å². The molecule has 1 heterocycles. The molecule has 1 N–H and O–H groups in total. The quantitative estimate of drug-likeness (QED) is 0.411. The van der Waals surface area contributed by atoms with E-state index in [1.54, 1.807) is 0 Å². The molecule has 10 heteroatoms. The molecule has 1 aliphatic heterocycles. The summed E-state index contributed by atoms with van der Waals surface area (Å²) in [5.74, 6) is -0.484. The van der Waals surface area contributed by atoms with E-state index in [0.717, 1.165) is 27.6 Å². The molecule has 34 heavy (non-hydrogen) atoms. The Balaban J connectivity index is 1.59. The summed E-state index contributed by atoms with van der Waals surface area (Å²) in [6.45, 7) is 2.01. The number of carbonyl (C=O) groups is 1. The summed E-state index contributed by atoms with van der Waals surface area (Å²) >= 11 is 0. The van der Waals surface area contributed by atoms with Crippen LogP contribution in [0.5, 0.6) is 11.5 Å². The van der Waals surface area contributed by atoms with Crippen LogP contribution in [-0.2, 0) is 14.8 Å². The minimum atomic E-state index is -4.22. The van der Waals surface area contributed by atoms with Crippen LogP contribution in [0.4, 0.5) is 10.1 Å². The molecule has 0 aromatic heterocycles. The number of nitrogens with zero attached hydrogens (tertiary/aromatic N) is 2. The number of halogens is 1. The van der Waals surface area contributed by atoms with Gasteiger partial charge in [0, 0.05) is 6.07 Å². The normalized spacial score (nSPS) is 13.0. The lowest BCUT2D eigenvalue weighted by atomic mass is 10.2. The van der Waals surface area contributed by atoms with Crippen LogP contribution in [-0.4, -0.2) is 40.3 Å². The van der Waals surface area contributed by atoms with Gasteiger partial charge in [0.1, 0.15) is 25.6 Å². The molecule has 8 nitrogen and oxygen atoms in total. The van der Waals surface area contributed by atoms with Crippen LogP contribution in [0.3, 0.4) is 0 Å². The highest BCUT2D eigenvalue weighted by molar-refractivity contribution is 7.92. The molecule has 0 aliphatic carbocycles. The summed E-state index contributed by atoms with van der Waals surface area (Å²) in [4.78, 5) is 12.5. The van der Waals surface area contributed by atoms with Crippen molar-refractivity contribution in [1.82, 2.24) is 5.43 Å². The Bertz CT molecular complexity index is 1330. The van der Waals surface area contributed by atoms with E-state index >= 15 is 0 Å². The monoisotopic (exact) mass is 483 g/mol. The lowest BCUT2D eigenvalue weighted by molar-refractivity contribution is -0.119. The largest absolute Gasteiger partial charge is 0.486 e. The molecule has 1 aliphatic rings. The average molecular weight is 484 g/mol. The highest BCUT2D eigenvalue weighted by atomic mass is 32.2. The van der Waals surface area contributed by atoms with Crippen molar-refractivity contribution < 1.29 is 27.1 Å². The summed E-state index contributed by atoms with van der Waals surface area (Å²) in [5, 5.41) is 3.91. The number of benzene rings is 3. The average Bonchev–Trinajstić information content (AvgIpc) is 2.83. The van der Waals surface area contributed by atoms with Crippen molar-refractivity contribution in [3.63, 3.8) is 0 Å². The summed E-state index contributed by atoms with van der Waals surface area (Å²) in [5.41, 5.74) is 4.27. The van der Waals surface area contributed by atoms with Crippen molar-refractivity contribution in [2.45, 2.75) is 11.8 Å². The van der Waals surface area contributed by atoms with Gasteiger partial charge in [-0.3, -0.25) is 9.10 Å². The van der Waals surface area contributed by atoms with Gasteiger partial charge in [-0.25, -0.2) is 18.2 Å². The van der Waals surface area contributed by atoms with Crippen LogP contribution < -0.4 is 19.2 Å². The van der Waals surface area contributed by atoms with E-state index in [9.17, 15) is 17.6 Å². The molecule has 0 spiro atoms. The second kappa shape index (κ2) is 9.92. The van der Waals surface area contributed by atoms with Crippen molar-refractivity contribution in [2.75, 3.05) is 24.1 Å². The SMILES string of the molecule is Cc1cccc(/C=N\NC(=O)CN(c2ccc(F)cc2)S(=O)(=O)c2ccc3c(c2)OCCO3)c1. The number of nitrogens with one attached hydrogen (secondary N) is 1. The standard InChI is InChI=1S/C24H22FN3O5S/c1-17-3-2-4-18(13-17)15-26-27-24(29)16-28(20-7-5-19(25)6-8-20)34(30,31)21-9-10-22-23(14-21)33-12-11-32-22/h2-10,13-15H,11-12,16H2,1H3,(H,27,29)/b26-15-. The number of rotatable bonds is 7. The number of carbonyl (C=O) groups excluding carboxylic acids is 1. The number of hydrogen-bond acceptors (Lipinski definition) is 6. The van der Waals surface area contributed by atoms with Crippen LogP contribution >= 0.6 is 0 Å². The molecule has 0 saturated carbocycles. The summed E-state index contributed by atoms with van der Waals surface area (Å²) < 4.78 is 52.3. The van der Waals surface area contributed by atoms with Crippen molar-refractivity contribution in [3.8, 4) is 11.5 Å². The fourth-order valence-corrected chi connectivity index (χ4v) is 4.77. The van der Waals surface area contributed by atoms with E-state index in [0.29, 0.717) is 24.7 Å². The first-order valence-corrected chi connectivity index (χ1v) is 11.8. The minimum Gasteiger partial charge on any atom is -0.486 e. The highest BCUT2D eigenvalue weighted by Crippen LogP contribution is 2.34. The van der Waals surface area contributed by atoms with Crippen LogP contribution in [0.15, 0.2) is 76.7 Å². The van der Waals surface area contributed by atoms with Crippen molar-refractivity contribution in [2.24, 2.45) is 5.10 Å².